The first kappa shape index (κ1) is 12.7. The second-order valence-corrected chi connectivity index (χ2v) is 4.80. The van der Waals surface area contributed by atoms with Crippen molar-refractivity contribution in [1.82, 2.24) is 5.32 Å². The molecule has 1 aromatic rings. The van der Waals surface area contributed by atoms with Crippen LogP contribution >= 0.6 is 0 Å². The van der Waals surface area contributed by atoms with Crippen molar-refractivity contribution in [2.24, 2.45) is 0 Å². The van der Waals surface area contributed by atoms with Gasteiger partial charge in [0.1, 0.15) is 0 Å². The largest absolute Gasteiger partial charge is 0.399 e. The van der Waals surface area contributed by atoms with Crippen LogP contribution in [0.3, 0.4) is 0 Å². The average Bonchev–Trinajstić information content (AvgIpc) is 2.33. The summed E-state index contributed by atoms with van der Waals surface area (Å²) in [6, 6.07) is 5.13. The molecule has 0 saturated heterocycles. The van der Waals surface area contributed by atoms with Crippen molar-refractivity contribution in [3.05, 3.63) is 23.8 Å². The van der Waals surface area contributed by atoms with Gasteiger partial charge in [0.05, 0.1) is 17.7 Å². The van der Waals surface area contributed by atoms with Crippen LogP contribution in [0, 0.1) is 0 Å². The minimum absolute atomic E-state index is 0.0645. The lowest BCUT2D eigenvalue weighted by Gasteiger charge is -2.42. The molecule has 1 amide bonds. The number of nitrogens with one attached hydrogen (secondary N) is 2. The van der Waals surface area contributed by atoms with Crippen molar-refractivity contribution < 1.29 is 9.90 Å². The molecule has 0 bridgehead atoms. The quantitative estimate of drug-likeness (QED) is 0.598. The third-order valence-electron chi connectivity index (χ3n) is 3.53. The van der Waals surface area contributed by atoms with Gasteiger partial charge in [-0.1, -0.05) is 0 Å². The van der Waals surface area contributed by atoms with Gasteiger partial charge in [0.15, 0.2) is 0 Å². The highest BCUT2D eigenvalue weighted by molar-refractivity contribution is 6.00. The lowest BCUT2D eigenvalue weighted by Crippen LogP contribution is -2.48. The zero-order chi connectivity index (χ0) is 13.2. The highest BCUT2D eigenvalue weighted by atomic mass is 16.3. The summed E-state index contributed by atoms with van der Waals surface area (Å²) in [5.74, 6) is -0.162. The number of nitrogen functional groups attached to an aromatic ring is 1. The van der Waals surface area contributed by atoms with E-state index >= 15 is 0 Å². The van der Waals surface area contributed by atoms with Gasteiger partial charge in [-0.15, -0.1) is 0 Å². The predicted molar refractivity (Wildman–Crippen MR) is 71.5 cm³/mol. The third kappa shape index (κ3) is 2.26. The molecule has 5 N–H and O–H groups in total. The molecule has 0 spiro atoms. The van der Waals surface area contributed by atoms with Crippen LogP contribution in [0.15, 0.2) is 18.2 Å². The summed E-state index contributed by atoms with van der Waals surface area (Å²) in [5.41, 5.74) is 7.29. The van der Waals surface area contributed by atoms with Gasteiger partial charge in [-0.2, -0.15) is 0 Å². The fraction of sp³-hybridized carbons (Fsp3) is 0.462. The van der Waals surface area contributed by atoms with E-state index in [1.54, 1.807) is 25.2 Å². The second kappa shape index (κ2) is 4.86. The summed E-state index contributed by atoms with van der Waals surface area (Å²) in [6.45, 7) is 0.0645. The molecular weight excluding hydrogens is 230 g/mol. The summed E-state index contributed by atoms with van der Waals surface area (Å²) in [6.07, 6.45) is 2.90. The Morgan fingerprint density at radius 1 is 1.50 bits per heavy atom. The van der Waals surface area contributed by atoms with E-state index in [0.29, 0.717) is 16.9 Å². The van der Waals surface area contributed by atoms with Gasteiger partial charge in [-0.3, -0.25) is 4.79 Å². The highest BCUT2D eigenvalue weighted by Gasteiger charge is 2.36. The van der Waals surface area contributed by atoms with Gasteiger partial charge < -0.3 is 21.5 Å². The molecule has 0 aromatic heterocycles. The standard InChI is InChI=1S/C13H19N3O2/c1-15-12(18)10-4-3-9(14)7-11(10)16-13(8-17)5-2-6-13/h3-4,7,16-17H,2,5-6,8,14H2,1H3,(H,15,18). The van der Waals surface area contributed by atoms with E-state index in [1.165, 1.54) is 0 Å². The zero-order valence-corrected chi connectivity index (χ0v) is 10.5. The number of hydrogen-bond donors (Lipinski definition) is 4. The molecule has 2 rings (SSSR count). The van der Waals surface area contributed by atoms with Crippen LogP contribution in [-0.4, -0.2) is 30.2 Å². The molecule has 1 fully saturated rings. The number of carbonyl (C=O) groups is 1. The predicted octanol–water partition coefficient (Wildman–Crippen LogP) is 0.955. The molecule has 5 nitrogen and oxygen atoms in total. The van der Waals surface area contributed by atoms with Gasteiger partial charge in [0.25, 0.3) is 5.91 Å². The Morgan fingerprint density at radius 3 is 2.72 bits per heavy atom. The van der Waals surface area contributed by atoms with Crippen LogP contribution in [0.25, 0.3) is 0 Å². The average molecular weight is 249 g/mol. The lowest BCUT2D eigenvalue weighted by molar-refractivity contribution is 0.0963. The van der Waals surface area contributed by atoms with Gasteiger partial charge in [0, 0.05) is 18.4 Å². The number of aliphatic hydroxyl groups excluding tert-OH is 1. The fourth-order valence-corrected chi connectivity index (χ4v) is 2.21. The molecule has 1 aromatic carbocycles. The van der Waals surface area contributed by atoms with Gasteiger partial charge in [0.2, 0.25) is 0 Å². The zero-order valence-electron chi connectivity index (χ0n) is 10.5. The van der Waals surface area contributed by atoms with E-state index in [-0.39, 0.29) is 18.1 Å². The molecule has 0 radical (unpaired) electrons. The van der Waals surface area contributed by atoms with Crippen LogP contribution in [-0.2, 0) is 0 Å². The summed E-state index contributed by atoms with van der Waals surface area (Å²) in [7, 11) is 1.59. The molecule has 1 aliphatic rings. The molecule has 1 saturated carbocycles. The topological polar surface area (TPSA) is 87.4 Å². The highest BCUT2D eigenvalue weighted by Crippen LogP contribution is 2.36. The maximum Gasteiger partial charge on any atom is 0.253 e. The number of nitrogens with two attached hydrogens (primary N) is 1. The minimum atomic E-state index is -0.295. The summed E-state index contributed by atoms with van der Waals surface area (Å²) in [5, 5.41) is 15.3. The van der Waals surface area contributed by atoms with Gasteiger partial charge in [-0.05, 0) is 37.5 Å². The maximum atomic E-state index is 11.8. The molecule has 0 unspecified atom stereocenters. The molecule has 0 aliphatic heterocycles. The summed E-state index contributed by atoms with van der Waals surface area (Å²) < 4.78 is 0. The summed E-state index contributed by atoms with van der Waals surface area (Å²) >= 11 is 0. The van der Waals surface area contributed by atoms with E-state index in [0.717, 1.165) is 19.3 Å². The van der Waals surface area contributed by atoms with Crippen LogP contribution < -0.4 is 16.4 Å². The Bertz CT molecular complexity index is 450. The Morgan fingerprint density at radius 2 is 2.22 bits per heavy atom. The van der Waals surface area contributed by atoms with E-state index in [2.05, 4.69) is 10.6 Å². The van der Waals surface area contributed by atoms with E-state index in [9.17, 15) is 9.90 Å². The normalized spacial score (nSPS) is 16.8. The first-order valence-corrected chi connectivity index (χ1v) is 6.11. The Labute approximate surface area is 106 Å². The second-order valence-electron chi connectivity index (χ2n) is 4.80. The molecule has 98 valence electrons. The Hall–Kier alpha value is -1.75. The monoisotopic (exact) mass is 249 g/mol. The van der Waals surface area contributed by atoms with Gasteiger partial charge in [-0.25, -0.2) is 0 Å². The first-order valence-electron chi connectivity index (χ1n) is 6.11. The molecule has 18 heavy (non-hydrogen) atoms. The van der Waals surface area contributed by atoms with Gasteiger partial charge >= 0.3 is 0 Å². The third-order valence-corrected chi connectivity index (χ3v) is 3.53. The van der Waals surface area contributed by atoms with Crippen molar-refractivity contribution >= 4 is 17.3 Å². The first-order chi connectivity index (χ1) is 8.60. The van der Waals surface area contributed by atoms with Crippen LogP contribution in [0.5, 0.6) is 0 Å². The molecule has 0 heterocycles. The van der Waals surface area contributed by atoms with Crippen molar-refractivity contribution in [3.8, 4) is 0 Å². The number of aliphatic hydroxyl groups is 1. The number of benzene rings is 1. The van der Waals surface area contributed by atoms with Crippen molar-refractivity contribution in [3.63, 3.8) is 0 Å². The number of rotatable bonds is 4. The van der Waals surface area contributed by atoms with Crippen molar-refractivity contribution in [2.75, 3.05) is 24.7 Å². The number of amides is 1. The van der Waals surface area contributed by atoms with Crippen LogP contribution in [0.4, 0.5) is 11.4 Å². The molecule has 0 atom stereocenters. The summed E-state index contributed by atoms with van der Waals surface area (Å²) in [4.78, 5) is 11.8. The molecular formula is C13H19N3O2. The van der Waals surface area contributed by atoms with E-state index in [4.69, 9.17) is 5.73 Å². The number of hydrogen-bond acceptors (Lipinski definition) is 4. The minimum Gasteiger partial charge on any atom is -0.399 e. The lowest BCUT2D eigenvalue weighted by atomic mass is 9.77. The van der Waals surface area contributed by atoms with Crippen molar-refractivity contribution in [2.45, 2.75) is 24.8 Å². The van der Waals surface area contributed by atoms with E-state index in [1.807, 2.05) is 0 Å². The maximum absolute atomic E-state index is 11.8. The smallest absolute Gasteiger partial charge is 0.253 e. The Balaban J connectivity index is 2.30. The number of carbonyl (C=O) groups excluding carboxylic acids is 1. The Kier molecular flexibility index (Phi) is 3.43. The number of anilines is 2. The fourth-order valence-electron chi connectivity index (χ4n) is 2.21. The SMILES string of the molecule is CNC(=O)c1ccc(N)cc1NC1(CO)CCC1. The van der Waals surface area contributed by atoms with Crippen molar-refractivity contribution in [1.29, 1.82) is 0 Å². The molecule has 1 aliphatic carbocycles. The van der Waals surface area contributed by atoms with E-state index < -0.39 is 0 Å². The van der Waals surface area contributed by atoms with Crippen LogP contribution in [0.1, 0.15) is 29.6 Å². The van der Waals surface area contributed by atoms with Crippen LogP contribution in [0.2, 0.25) is 0 Å². The molecule has 5 heteroatoms.